The summed E-state index contributed by atoms with van der Waals surface area (Å²) in [6.45, 7) is 5.62. The first-order valence-electron chi connectivity index (χ1n) is 4.04. The molecule has 1 heterocycles. The standard InChI is InChI=1S/C8H14N2O2S/c1-5(11)6-9-7(10-12-6)8(2,3)13-4/h5,11H,1-4H3. The lowest BCUT2D eigenvalue weighted by atomic mass is 10.2. The van der Waals surface area contributed by atoms with Crippen LogP contribution in [0.2, 0.25) is 0 Å². The Morgan fingerprint density at radius 3 is 2.54 bits per heavy atom. The van der Waals surface area contributed by atoms with Crippen LogP contribution in [0, 0.1) is 0 Å². The van der Waals surface area contributed by atoms with Gasteiger partial charge in [-0.15, -0.1) is 0 Å². The van der Waals surface area contributed by atoms with Gasteiger partial charge in [-0.2, -0.15) is 16.7 Å². The van der Waals surface area contributed by atoms with E-state index in [-0.39, 0.29) is 10.6 Å². The molecule has 13 heavy (non-hydrogen) atoms. The molecule has 0 saturated carbocycles. The summed E-state index contributed by atoms with van der Waals surface area (Å²) < 4.78 is 4.72. The summed E-state index contributed by atoms with van der Waals surface area (Å²) in [4.78, 5) is 4.10. The Balaban J connectivity index is 2.91. The van der Waals surface area contributed by atoms with E-state index in [1.807, 2.05) is 20.1 Å². The van der Waals surface area contributed by atoms with E-state index in [1.165, 1.54) is 0 Å². The van der Waals surface area contributed by atoms with Crippen molar-refractivity contribution in [3.8, 4) is 0 Å². The number of nitrogens with zero attached hydrogens (tertiary/aromatic N) is 2. The van der Waals surface area contributed by atoms with Gasteiger partial charge in [0.2, 0.25) is 0 Å². The Kier molecular flexibility index (Phi) is 2.98. The number of rotatable bonds is 3. The quantitative estimate of drug-likeness (QED) is 0.808. The largest absolute Gasteiger partial charge is 0.384 e. The zero-order chi connectivity index (χ0) is 10.1. The second kappa shape index (κ2) is 3.67. The Bertz CT molecular complexity index is 283. The maximum Gasteiger partial charge on any atom is 0.255 e. The van der Waals surface area contributed by atoms with Gasteiger partial charge in [0.05, 0.1) is 4.75 Å². The molecule has 5 heteroatoms. The highest BCUT2D eigenvalue weighted by Crippen LogP contribution is 2.31. The van der Waals surface area contributed by atoms with Gasteiger partial charge in [0.15, 0.2) is 5.82 Å². The van der Waals surface area contributed by atoms with Crippen LogP contribution in [0.1, 0.15) is 38.6 Å². The van der Waals surface area contributed by atoms with Crippen molar-refractivity contribution in [2.45, 2.75) is 31.6 Å². The molecule has 0 bridgehead atoms. The van der Waals surface area contributed by atoms with E-state index in [9.17, 15) is 5.11 Å². The van der Waals surface area contributed by atoms with Gasteiger partial charge in [-0.25, -0.2) is 0 Å². The molecule has 1 aromatic heterocycles. The second-order valence-electron chi connectivity index (χ2n) is 3.35. The summed E-state index contributed by atoms with van der Waals surface area (Å²) in [6, 6.07) is 0. The number of aliphatic hydroxyl groups excluding tert-OH is 1. The Hall–Kier alpha value is -0.550. The molecule has 1 rings (SSSR count). The van der Waals surface area contributed by atoms with E-state index in [0.717, 1.165) is 0 Å². The second-order valence-corrected chi connectivity index (χ2v) is 4.78. The SMILES string of the molecule is CSC(C)(C)c1noc(C(C)O)n1. The van der Waals surface area contributed by atoms with Crippen LogP contribution in [0.5, 0.6) is 0 Å². The minimum atomic E-state index is -0.695. The monoisotopic (exact) mass is 202 g/mol. The molecule has 0 amide bonds. The molecule has 0 saturated heterocycles. The van der Waals surface area contributed by atoms with Crippen LogP contribution < -0.4 is 0 Å². The molecule has 0 aliphatic heterocycles. The summed E-state index contributed by atoms with van der Waals surface area (Å²) in [5, 5.41) is 13.0. The zero-order valence-corrected chi connectivity index (χ0v) is 9.05. The fourth-order valence-electron chi connectivity index (χ4n) is 0.741. The first-order valence-corrected chi connectivity index (χ1v) is 5.27. The molecule has 1 unspecified atom stereocenters. The fourth-order valence-corrected chi connectivity index (χ4v) is 1.01. The molecule has 4 nitrogen and oxygen atoms in total. The highest BCUT2D eigenvalue weighted by molar-refractivity contribution is 7.99. The van der Waals surface area contributed by atoms with E-state index in [1.54, 1.807) is 18.7 Å². The van der Waals surface area contributed by atoms with E-state index >= 15 is 0 Å². The molecule has 1 aromatic rings. The predicted octanol–water partition coefficient (Wildman–Crippen LogP) is 1.72. The van der Waals surface area contributed by atoms with Crippen LogP contribution in [0.15, 0.2) is 4.52 Å². The highest BCUT2D eigenvalue weighted by atomic mass is 32.2. The summed E-state index contributed by atoms with van der Waals surface area (Å²) in [5.41, 5.74) is 0. The van der Waals surface area contributed by atoms with Crippen LogP contribution >= 0.6 is 11.8 Å². The predicted molar refractivity (Wildman–Crippen MR) is 51.5 cm³/mol. The van der Waals surface area contributed by atoms with Crippen molar-refractivity contribution in [3.63, 3.8) is 0 Å². The topological polar surface area (TPSA) is 59.2 Å². The van der Waals surface area contributed by atoms with Crippen LogP contribution in [0.4, 0.5) is 0 Å². The average Bonchev–Trinajstić information content (AvgIpc) is 2.52. The maximum atomic E-state index is 9.17. The van der Waals surface area contributed by atoms with E-state index in [4.69, 9.17) is 4.52 Å². The van der Waals surface area contributed by atoms with E-state index in [2.05, 4.69) is 10.1 Å². The molecule has 0 aliphatic rings. The van der Waals surface area contributed by atoms with Crippen molar-refractivity contribution in [2.24, 2.45) is 0 Å². The highest BCUT2D eigenvalue weighted by Gasteiger charge is 2.26. The summed E-state index contributed by atoms with van der Waals surface area (Å²) in [7, 11) is 0. The van der Waals surface area contributed by atoms with Crippen molar-refractivity contribution in [1.29, 1.82) is 0 Å². The first kappa shape index (κ1) is 10.5. The van der Waals surface area contributed by atoms with Crippen molar-refractivity contribution in [3.05, 3.63) is 11.7 Å². The van der Waals surface area contributed by atoms with E-state index < -0.39 is 6.10 Å². The van der Waals surface area contributed by atoms with Crippen molar-refractivity contribution >= 4 is 11.8 Å². The molecule has 1 atom stereocenters. The van der Waals surface area contributed by atoms with Gasteiger partial charge in [-0.05, 0) is 27.0 Å². The molecule has 0 fully saturated rings. The number of aliphatic hydroxyl groups is 1. The lowest BCUT2D eigenvalue weighted by molar-refractivity contribution is 0.151. The third-order valence-corrected chi connectivity index (χ3v) is 3.05. The van der Waals surface area contributed by atoms with Gasteiger partial charge < -0.3 is 9.63 Å². The molecule has 0 radical (unpaired) electrons. The van der Waals surface area contributed by atoms with Gasteiger partial charge in [0.1, 0.15) is 6.10 Å². The minimum absolute atomic E-state index is 0.170. The molecular weight excluding hydrogens is 188 g/mol. The maximum absolute atomic E-state index is 9.17. The normalized spacial score (nSPS) is 14.5. The van der Waals surface area contributed by atoms with Gasteiger partial charge in [-0.3, -0.25) is 0 Å². The summed E-state index contributed by atoms with van der Waals surface area (Å²) >= 11 is 1.64. The average molecular weight is 202 g/mol. The first-order chi connectivity index (χ1) is 5.97. The van der Waals surface area contributed by atoms with Crippen LogP contribution in [-0.4, -0.2) is 21.5 Å². The Labute approximate surface area is 81.7 Å². The van der Waals surface area contributed by atoms with Crippen LogP contribution in [0.3, 0.4) is 0 Å². The molecule has 74 valence electrons. The van der Waals surface area contributed by atoms with Crippen LogP contribution in [0.25, 0.3) is 0 Å². The fraction of sp³-hybridized carbons (Fsp3) is 0.750. The lowest BCUT2D eigenvalue weighted by Crippen LogP contribution is -2.13. The molecule has 0 aromatic carbocycles. The third-order valence-electron chi connectivity index (χ3n) is 1.85. The third kappa shape index (κ3) is 2.22. The van der Waals surface area contributed by atoms with E-state index in [0.29, 0.717) is 5.82 Å². The molecule has 1 N–H and O–H groups in total. The molecule has 0 spiro atoms. The lowest BCUT2D eigenvalue weighted by Gasteiger charge is -2.15. The van der Waals surface area contributed by atoms with Gasteiger partial charge in [0, 0.05) is 0 Å². The number of aromatic nitrogens is 2. The summed E-state index contributed by atoms with van der Waals surface area (Å²) in [5.74, 6) is 0.896. The molecule has 0 aliphatic carbocycles. The van der Waals surface area contributed by atoms with Gasteiger partial charge >= 0.3 is 0 Å². The number of hydrogen-bond acceptors (Lipinski definition) is 5. The minimum Gasteiger partial charge on any atom is -0.384 e. The van der Waals surface area contributed by atoms with Crippen molar-refractivity contribution < 1.29 is 9.63 Å². The number of hydrogen-bond donors (Lipinski definition) is 1. The zero-order valence-electron chi connectivity index (χ0n) is 8.24. The van der Waals surface area contributed by atoms with Crippen molar-refractivity contribution in [1.82, 2.24) is 10.1 Å². The smallest absolute Gasteiger partial charge is 0.255 e. The molecular formula is C8H14N2O2S. The summed E-state index contributed by atoms with van der Waals surface area (Å²) in [6.07, 6.45) is 1.29. The van der Waals surface area contributed by atoms with Gasteiger partial charge in [-0.1, -0.05) is 5.16 Å². The van der Waals surface area contributed by atoms with Crippen LogP contribution in [-0.2, 0) is 4.75 Å². The Morgan fingerprint density at radius 1 is 1.54 bits per heavy atom. The number of thioether (sulfide) groups is 1. The Morgan fingerprint density at radius 2 is 2.15 bits per heavy atom. The van der Waals surface area contributed by atoms with Gasteiger partial charge in [0.25, 0.3) is 5.89 Å². The van der Waals surface area contributed by atoms with Crippen molar-refractivity contribution in [2.75, 3.05) is 6.26 Å².